The molecule has 3 N–H and O–H groups in total. The number of benzene rings is 2. The third kappa shape index (κ3) is 7.61. The van der Waals surface area contributed by atoms with Crippen molar-refractivity contribution in [3.8, 4) is 5.75 Å². The van der Waals surface area contributed by atoms with Crippen LogP contribution in [-0.2, 0) is 35.9 Å². The number of unbranched alkanes of at least 4 members (excludes halogenated alkanes) is 3. The van der Waals surface area contributed by atoms with E-state index in [9.17, 15) is 5.11 Å². The van der Waals surface area contributed by atoms with Gasteiger partial charge in [-0.3, -0.25) is 0 Å². The van der Waals surface area contributed by atoms with Crippen LogP contribution in [0.5, 0.6) is 5.75 Å². The van der Waals surface area contributed by atoms with Crippen LogP contribution in [0.25, 0.3) is 0 Å². The highest BCUT2D eigenvalue weighted by molar-refractivity contribution is 6.31. The summed E-state index contributed by atoms with van der Waals surface area (Å²) in [5.41, 5.74) is 7.63. The fourth-order valence-electron chi connectivity index (χ4n) is 6.06. The Kier molecular flexibility index (Phi) is 13.3. The molecule has 8 nitrogen and oxygen atoms in total. The Bertz CT molecular complexity index is 1150. The average molecular weight is 634 g/mol. The second-order valence-electron chi connectivity index (χ2n) is 11.8. The summed E-state index contributed by atoms with van der Waals surface area (Å²) in [5.74, 6) is -0.527. The first-order valence-electron chi connectivity index (χ1n) is 16.5. The standard InChI is InChI=1S/C35H52ClNO7/c1-5-9-18-40-31-32(41-19-10-6-2)34(30(38)23-37)24-43-35(44-34,33(31)42-20-11-7-3)27-14-17-29(36)26(22-27)21-25-12-15-28(16-13-25)39-8-4/h12-17,22,30-33,38H,5-11,18-21,23-24,37H2,1-4H3/t30?,31-,32-,33+,34+,35-/m0/s1. The molecule has 0 saturated carbocycles. The van der Waals surface area contributed by atoms with Gasteiger partial charge < -0.3 is 39.3 Å². The molecule has 0 spiro atoms. The fraction of sp³-hybridized carbons (Fsp3) is 0.657. The molecule has 4 rings (SSSR count). The van der Waals surface area contributed by atoms with Crippen molar-refractivity contribution in [1.82, 2.24) is 0 Å². The number of fused-ring (bicyclic) bond motifs is 2. The lowest BCUT2D eigenvalue weighted by Crippen LogP contribution is -2.70. The summed E-state index contributed by atoms with van der Waals surface area (Å²) in [6, 6.07) is 13.9. The van der Waals surface area contributed by atoms with Gasteiger partial charge in [-0.2, -0.15) is 0 Å². The van der Waals surface area contributed by atoms with Crippen LogP contribution in [0.3, 0.4) is 0 Å². The van der Waals surface area contributed by atoms with Crippen molar-refractivity contribution in [3.05, 3.63) is 64.2 Å². The first kappa shape index (κ1) is 35.1. The van der Waals surface area contributed by atoms with Crippen LogP contribution in [0.15, 0.2) is 42.5 Å². The zero-order chi connectivity index (χ0) is 31.6. The first-order valence-corrected chi connectivity index (χ1v) is 16.8. The monoisotopic (exact) mass is 633 g/mol. The van der Waals surface area contributed by atoms with Crippen LogP contribution < -0.4 is 10.5 Å². The molecule has 0 amide bonds. The highest BCUT2D eigenvalue weighted by atomic mass is 35.5. The van der Waals surface area contributed by atoms with Crippen molar-refractivity contribution in [3.63, 3.8) is 0 Å². The van der Waals surface area contributed by atoms with Gasteiger partial charge in [0, 0.05) is 37.0 Å². The van der Waals surface area contributed by atoms with Crippen LogP contribution >= 0.6 is 11.6 Å². The van der Waals surface area contributed by atoms with Gasteiger partial charge in [-0.1, -0.05) is 69.8 Å². The summed E-state index contributed by atoms with van der Waals surface area (Å²) in [6.45, 7) is 10.6. The van der Waals surface area contributed by atoms with Crippen molar-refractivity contribution in [2.24, 2.45) is 5.73 Å². The molecule has 2 aromatic carbocycles. The van der Waals surface area contributed by atoms with Crippen molar-refractivity contribution >= 4 is 11.6 Å². The molecular formula is C35H52ClNO7. The van der Waals surface area contributed by atoms with E-state index in [-0.39, 0.29) is 13.2 Å². The van der Waals surface area contributed by atoms with Crippen LogP contribution in [0.1, 0.15) is 82.9 Å². The Hall–Kier alpha value is -1.75. The molecule has 0 radical (unpaired) electrons. The van der Waals surface area contributed by atoms with E-state index in [0.29, 0.717) is 37.9 Å². The van der Waals surface area contributed by atoms with E-state index in [1.165, 1.54) is 0 Å². The summed E-state index contributed by atoms with van der Waals surface area (Å²) in [5, 5.41) is 12.1. The molecule has 0 aromatic heterocycles. The molecule has 0 aliphatic carbocycles. The van der Waals surface area contributed by atoms with Crippen molar-refractivity contribution in [2.45, 2.75) is 108 Å². The second-order valence-corrected chi connectivity index (χ2v) is 12.2. The first-order chi connectivity index (χ1) is 21.4. The Morgan fingerprint density at radius 3 is 2.16 bits per heavy atom. The fourth-order valence-corrected chi connectivity index (χ4v) is 6.24. The zero-order valence-electron chi connectivity index (χ0n) is 26.9. The van der Waals surface area contributed by atoms with Crippen molar-refractivity contribution in [2.75, 3.05) is 39.6 Å². The van der Waals surface area contributed by atoms with Crippen molar-refractivity contribution in [1.29, 1.82) is 0 Å². The number of hydrogen-bond acceptors (Lipinski definition) is 8. The minimum atomic E-state index is -1.36. The highest BCUT2D eigenvalue weighted by Crippen LogP contribution is 2.54. The maximum Gasteiger partial charge on any atom is 0.225 e. The maximum absolute atomic E-state index is 11.5. The molecule has 2 aliphatic rings. The SMILES string of the molecule is CCCCO[C@@H]1[C@@H](OCCCC)[C@@]2(c3ccc(Cl)c(Cc4ccc(OCC)cc4)c3)OC[C@](C(O)CN)(O2)[C@H]1OCCCC. The molecule has 2 bridgehead atoms. The maximum atomic E-state index is 11.5. The van der Waals surface area contributed by atoms with Gasteiger partial charge in [-0.25, -0.2) is 0 Å². The predicted molar refractivity (Wildman–Crippen MR) is 172 cm³/mol. The van der Waals surface area contributed by atoms with Crippen molar-refractivity contribution < 1.29 is 33.5 Å². The number of rotatable bonds is 19. The molecule has 9 heteroatoms. The highest BCUT2D eigenvalue weighted by Gasteiger charge is 2.71. The molecule has 2 heterocycles. The van der Waals surface area contributed by atoms with Crippen LogP contribution in [0, 0.1) is 0 Å². The third-order valence-corrected chi connectivity index (χ3v) is 8.94. The Labute approximate surface area is 268 Å². The van der Waals surface area contributed by atoms with E-state index in [0.717, 1.165) is 61.0 Å². The molecule has 2 saturated heterocycles. The number of halogens is 1. The molecule has 246 valence electrons. The lowest BCUT2D eigenvalue weighted by atomic mass is 9.79. The zero-order valence-corrected chi connectivity index (χ0v) is 27.7. The molecular weight excluding hydrogens is 582 g/mol. The van der Waals surface area contributed by atoms with Crippen LogP contribution in [-0.4, -0.2) is 74.7 Å². The summed E-state index contributed by atoms with van der Waals surface area (Å²) in [4.78, 5) is 0. The lowest BCUT2D eigenvalue weighted by Gasteiger charge is -2.52. The molecule has 2 aromatic rings. The Morgan fingerprint density at radius 2 is 1.55 bits per heavy atom. The molecule has 44 heavy (non-hydrogen) atoms. The van der Waals surface area contributed by atoms with Crippen LogP contribution in [0.2, 0.25) is 5.02 Å². The van der Waals surface area contributed by atoms with E-state index in [1.54, 1.807) is 0 Å². The smallest absolute Gasteiger partial charge is 0.225 e. The molecule has 2 fully saturated rings. The number of aliphatic hydroxyl groups is 1. The van der Waals surface area contributed by atoms with Gasteiger partial charge in [0.15, 0.2) is 5.60 Å². The summed E-state index contributed by atoms with van der Waals surface area (Å²) in [6.07, 6.45) is 3.26. The number of hydrogen-bond donors (Lipinski definition) is 2. The summed E-state index contributed by atoms with van der Waals surface area (Å²) in [7, 11) is 0. The van der Waals surface area contributed by atoms with Gasteiger partial charge in [-0.15, -0.1) is 0 Å². The van der Waals surface area contributed by atoms with E-state index in [4.69, 9.17) is 45.8 Å². The summed E-state index contributed by atoms with van der Waals surface area (Å²) >= 11 is 6.77. The third-order valence-electron chi connectivity index (χ3n) is 8.57. The van der Waals surface area contributed by atoms with Gasteiger partial charge >= 0.3 is 0 Å². The minimum Gasteiger partial charge on any atom is -0.494 e. The van der Waals surface area contributed by atoms with Gasteiger partial charge in [-0.05, 0) is 68.0 Å². The topological polar surface area (TPSA) is 102 Å². The number of aliphatic hydroxyl groups excluding tert-OH is 1. The Morgan fingerprint density at radius 1 is 0.909 bits per heavy atom. The van der Waals surface area contributed by atoms with E-state index < -0.39 is 35.8 Å². The predicted octanol–water partition coefficient (Wildman–Crippen LogP) is 6.16. The van der Waals surface area contributed by atoms with Gasteiger partial charge in [0.1, 0.15) is 30.2 Å². The van der Waals surface area contributed by atoms with Gasteiger partial charge in [0.05, 0.1) is 13.2 Å². The normalized spacial score (nSPS) is 27.0. The van der Waals surface area contributed by atoms with Crippen LogP contribution in [0.4, 0.5) is 0 Å². The van der Waals surface area contributed by atoms with E-state index >= 15 is 0 Å². The second kappa shape index (κ2) is 16.7. The quantitative estimate of drug-likeness (QED) is 0.178. The largest absolute Gasteiger partial charge is 0.494 e. The Balaban J connectivity index is 1.78. The minimum absolute atomic E-state index is 0.0142. The summed E-state index contributed by atoms with van der Waals surface area (Å²) < 4.78 is 39.1. The van der Waals surface area contributed by atoms with Gasteiger partial charge in [0.2, 0.25) is 5.79 Å². The van der Waals surface area contributed by atoms with E-state index in [2.05, 4.69) is 20.8 Å². The lowest BCUT2D eigenvalue weighted by molar-refractivity contribution is -0.355. The van der Waals surface area contributed by atoms with Gasteiger partial charge in [0.25, 0.3) is 0 Å². The molecule has 2 aliphatic heterocycles. The van der Waals surface area contributed by atoms with E-state index in [1.807, 2.05) is 49.4 Å². The molecule has 6 atom stereocenters. The molecule has 1 unspecified atom stereocenters. The average Bonchev–Trinajstić information content (AvgIpc) is 3.40. The number of nitrogens with two attached hydrogens (primary N) is 1. The number of ether oxygens (including phenoxy) is 6.